The molecule has 8 heteroatoms. The first-order chi connectivity index (χ1) is 13.6. The zero-order valence-corrected chi connectivity index (χ0v) is 17.0. The van der Waals surface area contributed by atoms with Gasteiger partial charge >= 0.3 is 5.97 Å². The zero-order valence-electron chi connectivity index (χ0n) is 15.5. The Labute approximate surface area is 172 Å². The van der Waals surface area contributed by atoms with Crippen LogP contribution >= 0.6 is 23.2 Å². The summed E-state index contributed by atoms with van der Waals surface area (Å²) in [5.41, 5.74) is 2.57. The van der Waals surface area contributed by atoms with Crippen LogP contribution in [0.3, 0.4) is 0 Å². The van der Waals surface area contributed by atoms with E-state index in [9.17, 15) is 4.79 Å². The van der Waals surface area contributed by atoms with Gasteiger partial charge in [0.2, 0.25) is 0 Å². The molecule has 1 atom stereocenters. The van der Waals surface area contributed by atoms with E-state index in [1.165, 1.54) is 0 Å². The molecule has 1 saturated heterocycles. The van der Waals surface area contributed by atoms with E-state index in [-0.39, 0.29) is 18.7 Å². The summed E-state index contributed by atoms with van der Waals surface area (Å²) in [5, 5.41) is 6.25. The Morgan fingerprint density at radius 1 is 1.32 bits per heavy atom. The van der Waals surface area contributed by atoms with Crippen molar-refractivity contribution < 1.29 is 14.3 Å². The molecule has 0 bridgehead atoms. The summed E-state index contributed by atoms with van der Waals surface area (Å²) in [4.78, 5) is 12.1. The first-order valence-corrected chi connectivity index (χ1v) is 10.1. The van der Waals surface area contributed by atoms with Crippen LogP contribution in [0.15, 0.2) is 30.7 Å². The van der Waals surface area contributed by atoms with E-state index >= 15 is 0 Å². The molecule has 0 radical (unpaired) electrons. The van der Waals surface area contributed by atoms with Gasteiger partial charge in [-0.1, -0.05) is 29.3 Å². The molecule has 1 aliphatic rings. The van der Waals surface area contributed by atoms with Gasteiger partial charge in [0.1, 0.15) is 12.8 Å². The molecule has 0 N–H and O–H groups in total. The summed E-state index contributed by atoms with van der Waals surface area (Å²) in [6.07, 6.45) is 8.82. The van der Waals surface area contributed by atoms with Crippen molar-refractivity contribution in [3.05, 3.63) is 40.8 Å². The van der Waals surface area contributed by atoms with Gasteiger partial charge < -0.3 is 14.0 Å². The largest absolute Gasteiger partial charge is 0.465 e. The van der Waals surface area contributed by atoms with E-state index in [0.29, 0.717) is 22.2 Å². The third-order valence-corrected chi connectivity index (χ3v) is 5.69. The fraction of sp³-hybridized carbons (Fsp3) is 0.400. The number of fused-ring (bicyclic) bond motifs is 1. The summed E-state index contributed by atoms with van der Waals surface area (Å²) in [7, 11) is 0. The number of carbonyl (C=O) groups excluding carboxylic acids is 1. The molecule has 3 heterocycles. The number of rotatable bonds is 5. The molecule has 1 aliphatic heterocycles. The summed E-state index contributed by atoms with van der Waals surface area (Å²) in [5.74, 6) is -0.326. The molecule has 0 spiro atoms. The predicted octanol–water partition coefficient (Wildman–Crippen LogP) is 5.07. The molecule has 6 nitrogen and oxygen atoms in total. The summed E-state index contributed by atoms with van der Waals surface area (Å²) in [6, 6.07) is 3.67. The average molecular weight is 422 g/mol. The second kappa shape index (κ2) is 8.15. The molecule has 0 amide bonds. The highest BCUT2D eigenvalue weighted by atomic mass is 35.5. The fourth-order valence-electron chi connectivity index (χ4n) is 3.60. The SMILES string of the molecule is CCOC(=O)Cn1cc(-c2cnn(C3CCCCO3)c2)c2ccc(Cl)c(Cl)c21. The Morgan fingerprint density at radius 2 is 2.18 bits per heavy atom. The maximum Gasteiger partial charge on any atom is 0.325 e. The van der Waals surface area contributed by atoms with E-state index in [1.807, 2.05) is 29.3 Å². The lowest BCUT2D eigenvalue weighted by Crippen LogP contribution is -2.18. The summed E-state index contributed by atoms with van der Waals surface area (Å²) >= 11 is 12.7. The normalized spacial score (nSPS) is 17.2. The number of hydrogen-bond donors (Lipinski definition) is 0. The predicted molar refractivity (Wildman–Crippen MR) is 109 cm³/mol. The second-order valence-corrected chi connectivity index (χ2v) is 7.55. The summed E-state index contributed by atoms with van der Waals surface area (Å²) in [6.45, 7) is 2.92. The number of aromatic nitrogens is 3. The van der Waals surface area contributed by atoms with E-state index < -0.39 is 0 Å². The van der Waals surface area contributed by atoms with Crippen molar-refractivity contribution in [2.24, 2.45) is 0 Å². The van der Waals surface area contributed by atoms with Crippen molar-refractivity contribution in [3.63, 3.8) is 0 Å². The van der Waals surface area contributed by atoms with Gasteiger partial charge in [-0.15, -0.1) is 0 Å². The number of ether oxygens (including phenoxy) is 2. The van der Waals surface area contributed by atoms with Gasteiger partial charge in [-0.25, -0.2) is 4.68 Å². The Balaban J connectivity index is 1.76. The van der Waals surface area contributed by atoms with Crippen molar-refractivity contribution in [1.82, 2.24) is 14.3 Å². The van der Waals surface area contributed by atoms with Gasteiger partial charge in [-0.05, 0) is 32.3 Å². The molecule has 4 rings (SSSR count). The van der Waals surface area contributed by atoms with Crippen molar-refractivity contribution in [3.8, 4) is 11.1 Å². The fourth-order valence-corrected chi connectivity index (χ4v) is 4.02. The van der Waals surface area contributed by atoms with Crippen molar-refractivity contribution in [2.75, 3.05) is 13.2 Å². The Bertz CT molecular complexity index is 1010. The Morgan fingerprint density at radius 3 is 2.93 bits per heavy atom. The minimum absolute atomic E-state index is 0.0339. The van der Waals surface area contributed by atoms with Gasteiger partial charge in [0, 0.05) is 35.5 Å². The summed E-state index contributed by atoms with van der Waals surface area (Å²) < 4.78 is 14.6. The lowest BCUT2D eigenvalue weighted by molar-refractivity contribution is -0.143. The number of benzene rings is 1. The minimum Gasteiger partial charge on any atom is -0.465 e. The quantitative estimate of drug-likeness (QED) is 0.539. The molecule has 0 aliphatic carbocycles. The third kappa shape index (κ3) is 3.64. The van der Waals surface area contributed by atoms with Gasteiger partial charge in [0.15, 0.2) is 0 Å². The van der Waals surface area contributed by atoms with Gasteiger partial charge in [0.25, 0.3) is 0 Å². The molecule has 0 saturated carbocycles. The number of halogens is 2. The van der Waals surface area contributed by atoms with Crippen LogP contribution in [-0.4, -0.2) is 33.5 Å². The number of esters is 1. The van der Waals surface area contributed by atoms with Crippen LogP contribution in [0.2, 0.25) is 10.0 Å². The Kier molecular flexibility index (Phi) is 5.62. The monoisotopic (exact) mass is 421 g/mol. The smallest absolute Gasteiger partial charge is 0.325 e. The maximum atomic E-state index is 12.1. The lowest BCUT2D eigenvalue weighted by atomic mass is 10.1. The van der Waals surface area contributed by atoms with E-state index in [2.05, 4.69) is 5.10 Å². The molecule has 28 heavy (non-hydrogen) atoms. The van der Waals surface area contributed by atoms with E-state index in [4.69, 9.17) is 32.7 Å². The molecule has 1 aromatic carbocycles. The zero-order chi connectivity index (χ0) is 19.7. The van der Waals surface area contributed by atoms with Crippen LogP contribution < -0.4 is 0 Å². The van der Waals surface area contributed by atoms with E-state index in [0.717, 1.165) is 42.4 Å². The van der Waals surface area contributed by atoms with Crippen LogP contribution in [0.25, 0.3) is 22.0 Å². The van der Waals surface area contributed by atoms with Crippen molar-refractivity contribution in [2.45, 2.75) is 39.0 Å². The highest BCUT2D eigenvalue weighted by molar-refractivity contribution is 6.45. The first-order valence-electron chi connectivity index (χ1n) is 9.37. The molecule has 148 valence electrons. The molecule has 3 aromatic rings. The molecule has 1 fully saturated rings. The highest BCUT2D eigenvalue weighted by Gasteiger charge is 2.20. The standard InChI is InChI=1S/C20H21Cl2N3O3/c1-2-27-18(26)12-24-11-15(14-6-7-16(21)19(22)20(14)24)13-9-23-25(10-13)17-5-3-4-8-28-17/h6-7,9-11,17H,2-5,8,12H2,1H3. The van der Waals surface area contributed by atoms with Crippen molar-refractivity contribution >= 4 is 40.1 Å². The van der Waals surface area contributed by atoms with Crippen molar-refractivity contribution in [1.29, 1.82) is 0 Å². The minimum atomic E-state index is -0.326. The van der Waals surface area contributed by atoms with Gasteiger partial charge in [0.05, 0.1) is 28.4 Å². The van der Waals surface area contributed by atoms with Crippen LogP contribution in [-0.2, 0) is 20.8 Å². The number of nitrogens with zero attached hydrogens (tertiary/aromatic N) is 3. The topological polar surface area (TPSA) is 58.3 Å². The number of hydrogen-bond acceptors (Lipinski definition) is 4. The lowest BCUT2D eigenvalue weighted by Gasteiger charge is -2.22. The second-order valence-electron chi connectivity index (χ2n) is 6.76. The average Bonchev–Trinajstić information content (AvgIpc) is 3.31. The third-order valence-electron chi connectivity index (χ3n) is 4.90. The van der Waals surface area contributed by atoms with Crippen LogP contribution in [0.4, 0.5) is 0 Å². The number of carbonyl (C=O) groups is 1. The van der Waals surface area contributed by atoms with E-state index in [1.54, 1.807) is 17.6 Å². The van der Waals surface area contributed by atoms with Gasteiger partial charge in [-0.2, -0.15) is 5.10 Å². The first kappa shape index (κ1) is 19.3. The molecule has 1 unspecified atom stereocenters. The van der Waals surface area contributed by atoms with Gasteiger partial charge in [-0.3, -0.25) is 4.79 Å². The highest BCUT2D eigenvalue weighted by Crippen LogP contribution is 2.38. The molecule has 2 aromatic heterocycles. The van der Waals surface area contributed by atoms with Crippen LogP contribution in [0, 0.1) is 0 Å². The molecular weight excluding hydrogens is 401 g/mol. The van der Waals surface area contributed by atoms with Crippen LogP contribution in [0.1, 0.15) is 32.4 Å². The Hall–Kier alpha value is -2.02. The maximum absolute atomic E-state index is 12.1. The molecular formula is C20H21Cl2N3O3. The van der Waals surface area contributed by atoms with Crippen LogP contribution in [0.5, 0.6) is 0 Å².